The van der Waals surface area contributed by atoms with Gasteiger partial charge in [0.15, 0.2) is 5.17 Å². The summed E-state index contributed by atoms with van der Waals surface area (Å²) in [6.07, 6.45) is 2.91. The molecule has 0 aromatic heterocycles. The van der Waals surface area contributed by atoms with Crippen LogP contribution in [0.15, 0.2) is 58.4 Å². The first-order valence-corrected chi connectivity index (χ1v) is 8.41. The summed E-state index contributed by atoms with van der Waals surface area (Å²) in [5, 5.41) is 3.44. The Morgan fingerprint density at radius 2 is 1.78 bits per heavy atom. The molecule has 2 aromatic rings. The van der Waals surface area contributed by atoms with E-state index in [1.165, 1.54) is 22.9 Å². The van der Waals surface area contributed by atoms with Crippen molar-refractivity contribution in [3.63, 3.8) is 0 Å². The molecule has 0 aliphatic carbocycles. The van der Waals surface area contributed by atoms with E-state index in [4.69, 9.17) is 0 Å². The van der Waals surface area contributed by atoms with E-state index in [0.717, 1.165) is 17.7 Å². The topological polar surface area (TPSA) is 41.5 Å². The van der Waals surface area contributed by atoms with Gasteiger partial charge < -0.3 is 5.32 Å². The molecule has 0 saturated carbocycles. The Hall–Kier alpha value is -2.33. The zero-order valence-corrected chi connectivity index (χ0v) is 14.0. The van der Waals surface area contributed by atoms with Gasteiger partial charge in [-0.1, -0.05) is 48.9 Å². The number of rotatable bonds is 3. The van der Waals surface area contributed by atoms with Crippen LogP contribution in [0.1, 0.15) is 23.6 Å². The second-order valence-electron chi connectivity index (χ2n) is 5.41. The van der Waals surface area contributed by atoms with Crippen molar-refractivity contribution in [2.45, 2.75) is 20.3 Å². The average Bonchev–Trinajstić information content (AvgIpc) is 2.90. The summed E-state index contributed by atoms with van der Waals surface area (Å²) in [5.74, 6) is -0.0968. The third kappa shape index (κ3) is 3.90. The molecule has 3 nitrogen and oxygen atoms in total. The van der Waals surface area contributed by atoms with E-state index in [1.54, 1.807) is 0 Å². The lowest BCUT2D eigenvalue weighted by atomic mass is 10.1. The molecule has 1 amide bonds. The van der Waals surface area contributed by atoms with Crippen LogP contribution in [0.25, 0.3) is 6.08 Å². The Morgan fingerprint density at radius 1 is 1.09 bits per heavy atom. The van der Waals surface area contributed by atoms with Crippen LogP contribution in [-0.2, 0) is 11.2 Å². The van der Waals surface area contributed by atoms with Crippen molar-refractivity contribution in [2.75, 3.05) is 0 Å². The Morgan fingerprint density at radius 3 is 2.43 bits per heavy atom. The molecule has 1 N–H and O–H groups in total. The number of carbonyl (C=O) groups excluding carboxylic acids is 1. The molecule has 116 valence electrons. The van der Waals surface area contributed by atoms with Gasteiger partial charge in [-0.05, 0) is 54.4 Å². The van der Waals surface area contributed by atoms with Crippen molar-refractivity contribution in [2.24, 2.45) is 4.99 Å². The molecule has 3 rings (SSSR count). The lowest BCUT2D eigenvalue weighted by Crippen LogP contribution is -2.19. The van der Waals surface area contributed by atoms with Crippen molar-refractivity contribution in [3.05, 3.63) is 70.1 Å². The molecular weight excluding hydrogens is 304 g/mol. The predicted molar refractivity (Wildman–Crippen MR) is 97.8 cm³/mol. The summed E-state index contributed by atoms with van der Waals surface area (Å²) in [7, 11) is 0. The fraction of sp³-hybridized carbons (Fsp3) is 0.158. The molecule has 1 fully saturated rings. The maximum Gasteiger partial charge on any atom is 0.264 e. The number of nitrogens with one attached hydrogen (secondary N) is 1. The van der Waals surface area contributed by atoms with Crippen LogP contribution in [0.4, 0.5) is 5.69 Å². The lowest BCUT2D eigenvalue weighted by molar-refractivity contribution is -0.115. The van der Waals surface area contributed by atoms with Crippen molar-refractivity contribution in [3.8, 4) is 0 Å². The Kier molecular flexibility index (Phi) is 4.63. The van der Waals surface area contributed by atoms with Crippen LogP contribution in [0.5, 0.6) is 0 Å². The molecule has 0 unspecified atom stereocenters. The Labute approximate surface area is 140 Å². The molecule has 1 aliphatic heterocycles. The zero-order valence-electron chi connectivity index (χ0n) is 13.2. The standard InChI is InChI=1S/C19H18N2OS/c1-3-14-6-8-15(9-7-14)12-17-18(22)21-19(23-17)20-16-10-4-13(2)5-11-16/h4-12H,3H2,1-2H3,(H,20,21,22)/b17-12-. The van der Waals surface area contributed by atoms with E-state index in [9.17, 15) is 4.79 Å². The van der Waals surface area contributed by atoms with Gasteiger partial charge in [-0.25, -0.2) is 4.99 Å². The second kappa shape index (κ2) is 6.84. The molecule has 4 heteroatoms. The predicted octanol–water partition coefficient (Wildman–Crippen LogP) is 4.45. The fourth-order valence-electron chi connectivity index (χ4n) is 2.22. The summed E-state index contributed by atoms with van der Waals surface area (Å²) in [5.41, 5.74) is 4.34. The molecule has 0 radical (unpaired) electrons. The maximum atomic E-state index is 12.1. The summed E-state index contributed by atoms with van der Waals surface area (Å²) in [4.78, 5) is 17.2. The summed E-state index contributed by atoms with van der Waals surface area (Å²) in [6, 6.07) is 16.2. The van der Waals surface area contributed by atoms with Crippen LogP contribution in [0.2, 0.25) is 0 Å². The van der Waals surface area contributed by atoms with Crippen LogP contribution < -0.4 is 5.32 Å². The van der Waals surface area contributed by atoms with Gasteiger partial charge in [0.25, 0.3) is 5.91 Å². The number of amides is 1. The average molecular weight is 322 g/mol. The van der Waals surface area contributed by atoms with Crippen molar-refractivity contribution in [1.29, 1.82) is 0 Å². The third-order valence-corrected chi connectivity index (χ3v) is 4.51. The highest BCUT2D eigenvalue weighted by Gasteiger charge is 2.23. The minimum absolute atomic E-state index is 0.0968. The van der Waals surface area contributed by atoms with E-state index in [2.05, 4.69) is 29.4 Å². The monoisotopic (exact) mass is 322 g/mol. The van der Waals surface area contributed by atoms with Gasteiger partial charge in [-0.2, -0.15) is 0 Å². The number of amidine groups is 1. The molecule has 0 bridgehead atoms. The highest BCUT2D eigenvalue weighted by Crippen LogP contribution is 2.28. The van der Waals surface area contributed by atoms with Gasteiger partial charge in [0.05, 0.1) is 10.6 Å². The van der Waals surface area contributed by atoms with Crippen molar-refractivity contribution >= 4 is 34.6 Å². The van der Waals surface area contributed by atoms with Gasteiger partial charge in [0.2, 0.25) is 0 Å². The van der Waals surface area contributed by atoms with E-state index in [-0.39, 0.29) is 5.91 Å². The zero-order chi connectivity index (χ0) is 16.2. The first-order valence-electron chi connectivity index (χ1n) is 7.59. The smallest absolute Gasteiger partial charge is 0.264 e. The SMILES string of the molecule is CCc1ccc(/C=C2\SC(=Nc3ccc(C)cc3)NC2=O)cc1. The van der Waals surface area contributed by atoms with Crippen molar-refractivity contribution in [1.82, 2.24) is 5.32 Å². The normalized spacial score (nSPS) is 17.7. The number of aliphatic imine (C=N–C) groups is 1. The quantitative estimate of drug-likeness (QED) is 0.848. The molecule has 0 atom stereocenters. The number of hydrogen-bond donors (Lipinski definition) is 1. The summed E-state index contributed by atoms with van der Waals surface area (Å²) < 4.78 is 0. The first kappa shape index (κ1) is 15.6. The second-order valence-corrected chi connectivity index (χ2v) is 6.44. The van der Waals surface area contributed by atoms with Gasteiger partial charge in [-0.15, -0.1) is 0 Å². The van der Waals surface area contributed by atoms with Crippen LogP contribution in [0.3, 0.4) is 0 Å². The molecule has 2 aromatic carbocycles. The largest absolute Gasteiger partial charge is 0.300 e. The van der Waals surface area contributed by atoms with Gasteiger partial charge in [0.1, 0.15) is 0 Å². The van der Waals surface area contributed by atoms with Crippen LogP contribution >= 0.6 is 11.8 Å². The molecular formula is C19H18N2OS. The van der Waals surface area contributed by atoms with Gasteiger partial charge in [0, 0.05) is 0 Å². The van der Waals surface area contributed by atoms with Crippen LogP contribution in [-0.4, -0.2) is 11.1 Å². The van der Waals surface area contributed by atoms with Crippen LogP contribution in [0, 0.1) is 6.92 Å². The number of thioether (sulfide) groups is 1. The fourth-order valence-corrected chi connectivity index (χ4v) is 3.06. The first-order chi connectivity index (χ1) is 11.1. The van der Waals surface area contributed by atoms with E-state index < -0.39 is 0 Å². The van der Waals surface area contributed by atoms with Crippen molar-refractivity contribution < 1.29 is 4.79 Å². The van der Waals surface area contributed by atoms with E-state index in [1.807, 2.05) is 49.4 Å². The van der Waals surface area contributed by atoms with Gasteiger partial charge >= 0.3 is 0 Å². The lowest BCUT2D eigenvalue weighted by Gasteiger charge is -1.98. The number of aryl methyl sites for hydroxylation is 2. The molecule has 1 heterocycles. The highest BCUT2D eigenvalue weighted by atomic mass is 32.2. The minimum Gasteiger partial charge on any atom is -0.300 e. The number of carbonyl (C=O) groups is 1. The molecule has 23 heavy (non-hydrogen) atoms. The summed E-state index contributed by atoms with van der Waals surface area (Å²) in [6.45, 7) is 4.16. The number of hydrogen-bond acceptors (Lipinski definition) is 3. The van der Waals surface area contributed by atoms with Gasteiger partial charge in [-0.3, -0.25) is 4.79 Å². The minimum atomic E-state index is -0.0968. The number of benzene rings is 2. The van der Waals surface area contributed by atoms with E-state index in [0.29, 0.717) is 10.1 Å². The molecule has 0 spiro atoms. The number of nitrogens with zero attached hydrogens (tertiary/aromatic N) is 1. The highest BCUT2D eigenvalue weighted by molar-refractivity contribution is 8.18. The Bertz CT molecular complexity index is 774. The maximum absolute atomic E-state index is 12.1. The van der Waals surface area contributed by atoms with E-state index >= 15 is 0 Å². The molecule has 1 saturated heterocycles. The Balaban J connectivity index is 1.78. The molecule has 1 aliphatic rings. The summed E-state index contributed by atoms with van der Waals surface area (Å²) >= 11 is 1.37. The third-order valence-electron chi connectivity index (χ3n) is 3.60.